The maximum Gasteiger partial charge on any atom is 0.246 e. The van der Waals surface area contributed by atoms with Gasteiger partial charge in [0.25, 0.3) is 0 Å². The molecule has 1 aliphatic rings. The number of amides is 1. The fourth-order valence-corrected chi connectivity index (χ4v) is 4.26. The van der Waals surface area contributed by atoms with Crippen LogP contribution in [0.25, 0.3) is 10.6 Å². The SMILES string of the molecule is CN=C(NCc1csc(-c2ccc(OC)cc2)n1)N1CCN(c2cnn(C)c2)C(=O)C1.I. The van der Waals surface area contributed by atoms with Gasteiger partial charge in [0.05, 0.1) is 31.2 Å². The van der Waals surface area contributed by atoms with Crippen molar-refractivity contribution in [3.05, 3.63) is 47.7 Å². The van der Waals surface area contributed by atoms with Crippen LogP contribution in [0.5, 0.6) is 5.75 Å². The molecule has 9 nitrogen and oxygen atoms in total. The lowest BCUT2D eigenvalue weighted by atomic mass is 10.2. The van der Waals surface area contributed by atoms with E-state index in [0.717, 1.165) is 27.7 Å². The molecule has 0 bridgehead atoms. The van der Waals surface area contributed by atoms with Crippen LogP contribution in [0.1, 0.15) is 5.69 Å². The maximum atomic E-state index is 12.7. The Balaban J connectivity index is 0.00000289. The lowest BCUT2D eigenvalue weighted by Crippen LogP contribution is -2.55. The number of aryl methyl sites for hydroxylation is 1. The van der Waals surface area contributed by atoms with E-state index in [-0.39, 0.29) is 36.4 Å². The zero-order chi connectivity index (χ0) is 21.8. The molecule has 0 spiro atoms. The molecule has 1 amide bonds. The van der Waals surface area contributed by atoms with Crippen molar-refractivity contribution in [2.24, 2.45) is 12.0 Å². The molecule has 1 aliphatic heterocycles. The van der Waals surface area contributed by atoms with Crippen LogP contribution in [-0.4, -0.2) is 65.3 Å². The van der Waals surface area contributed by atoms with E-state index in [1.807, 2.05) is 47.8 Å². The fraction of sp³-hybridized carbons (Fsp3) is 0.333. The van der Waals surface area contributed by atoms with Gasteiger partial charge in [-0.2, -0.15) is 5.10 Å². The number of hydrogen-bond acceptors (Lipinski definition) is 6. The maximum absolute atomic E-state index is 12.7. The molecular formula is C21H26IN7O2S. The third-order valence-corrected chi connectivity index (χ3v) is 5.99. The first kappa shape index (κ1) is 24.0. The molecule has 1 saturated heterocycles. The van der Waals surface area contributed by atoms with Crippen LogP contribution in [0.15, 0.2) is 47.0 Å². The second kappa shape index (κ2) is 10.8. The number of carbonyl (C=O) groups is 1. The summed E-state index contributed by atoms with van der Waals surface area (Å²) in [6, 6.07) is 7.86. The largest absolute Gasteiger partial charge is 0.497 e. The molecule has 0 atom stereocenters. The van der Waals surface area contributed by atoms with Gasteiger partial charge in [-0.25, -0.2) is 4.98 Å². The standard InChI is InChI=1S/C21H25N7O2S.HI/c1-22-21(27-8-9-28(19(29)13-27)17-11-24-26(2)12-17)23-10-16-14-31-20(25-16)15-4-6-18(30-3)7-5-15;/h4-7,11-12,14H,8-10,13H2,1-3H3,(H,22,23);1H. The Morgan fingerprint density at radius 2 is 2.06 bits per heavy atom. The van der Waals surface area contributed by atoms with Gasteiger partial charge in [-0.05, 0) is 24.3 Å². The lowest BCUT2D eigenvalue weighted by Gasteiger charge is -2.35. The Morgan fingerprint density at radius 3 is 2.69 bits per heavy atom. The Morgan fingerprint density at radius 1 is 1.28 bits per heavy atom. The van der Waals surface area contributed by atoms with Gasteiger partial charge in [0.1, 0.15) is 17.3 Å². The van der Waals surface area contributed by atoms with Gasteiger partial charge in [-0.1, -0.05) is 0 Å². The van der Waals surface area contributed by atoms with Gasteiger partial charge in [0.15, 0.2) is 5.96 Å². The van der Waals surface area contributed by atoms with Crippen LogP contribution in [0.3, 0.4) is 0 Å². The van der Waals surface area contributed by atoms with Crippen molar-refractivity contribution in [3.63, 3.8) is 0 Å². The van der Waals surface area contributed by atoms with E-state index >= 15 is 0 Å². The molecule has 4 rings (SSSR count). The summed E-state index contributed by atoms with van der Waals surface area (Å²) in [5, 5.41) is 10.5. The van der Waals surface area contributed by atoms with E-state index in [1.165, 1.54) is 0 Å². The number of anilines is 1. The number of methoxy groups -OCH3 is 1. The first-order valence-electron chi connectivity index (χ1n) is 9.91. The van der Waals surface area contributed by atoms with Crippen molar-refractivity contribution in [1.82, 2.24) is 25.0 Å². The molecule has 1 aromatic carbocycles. The van der Waals surface area contributed by atoms with Crippen LogP contribution >= 0.6 is 35.3 Å². The highest BCUT2D eigenvalue weighted by atomic mass is 127. The number of ether oxygens (including phenoxy) is 1. The molecule has 170 valence electrons. The summed E-state index contributed by atoms with van der Waals surface area (Å²) in [5.74, 6) is 1.54. The highest BCUT2D eigenvalue weighted by molar-refractivity contribution is 14.0. The van der Waals surface area contributed by atoms with E-state index in [0.29, 0.717) is 25.6 Å². The van der Waals surface area contributed by atoms with Crippen LogP contribution in [-0.2, 0) is 18.4 Å². The number of halogens is 1. The number of thiazole rings is 1. The van der Waals surface area contributed by atoms with Gasteiger partial charge in [-0.15, -0.1) is 35.3 Å². The Labute approximate surface area is 208 Å². The molecule has 0 saturated carbocycles. The number of rotatable bonds is 5. The number of carbonyl (C=O) groups excluding carboxylic acids is 1. The summed E-state index contributed by atoms with van der Waals surface area (Å²) >= 11 is 1.60. The summed E-state index contributed by atoms with van der Waals surface area (Å²) in [6.45, 7) is 2.08. The van der Waals surface area contributed by atoms with Crippen LogP contribution in [0.4, 0.5) is 5.69 Å². The topological polar surface area (TPSA) is 87.9 Å². The lowest BCUT2D eigenvalue weighted by molar-refractivity contribution is -0.120. The molecule has 2 aromatic heterocycles. The number of piperazine rings is 1. The van der Waals surface area contributed by atoms with Gasteiger partial charge in [-0.3, -0.25) is 14.5 Å². The van der Waals surface area contributed by atoms with Crippen LogP contribution < -0.4 is 15.0 Å². The molecular weight excluding hydrogens is 541 g/mol. The third kappa shape index (κ3) is 5.38. The molecule has 0 radical (unpaired) electrons. The zero-order valence-corrected chi connectivity index (χ0v) is 21.3. The van der Waals surface area contributed by atoms with Crippen molar-refractivity contribution in [2.75, 3.05) is 38.7 Å². The van der Waals surface area contributed by atoms with Crippen molar-refractivity contribution < 1.29 is 9.53 Å². The van der Waals surface area contributed by atoms with E-state index < -0.39 is 0 Å². The second-order valence-electron chi connectivity index (χ2n) is 7.11. The van der Waals surface area contributed by atoms with E-state index in [4.69, 9.17) is 9.72 Å². The van der Waals surface area contributed by atoms with E-state index in [9.17, 15) is 4.79 Å². The number of guanidine groups is 1. The van der Waals surface area contributed by atoms with Crippen molar-refractivity contribution in [1.29, 1.82) is 0 Å². The molecule has 1 N–H and O–H groups in total. The van der Waals surface area contributed by atoms with Gasteiger partial charge >= 0.3 is 0 Å². The van der Waals surface area contributed by atoms with Crippen molar-refractivity contribution >= 4 is 52.9 Å². The molecule has 3 heterocycles. The number of aliphatic imine (C=N–C) groups is 1. The van der Waals surface area contributed by atoms with E-state index in [2.05, 4.69) is 15.4 Å². The van der Waals surface area contributed by atoms with Gasteiger partial charge in [0.2, 0.25) is 5.91 Å². The molecule has 0 unspecified atom stereocenters. The average Bonchev–Trinajstić information content (AvgIpc) is 3.43. The minimum atomic E-state index is 0. The first-order valence-corrected chi connectivity index (χ1v) is 10.8. The molecule has 3 aromatic rings. The van der Waals surface area contributed by atoms with E-state index in [1.54, 1.807) is 41.3 Å². The Bertz CT molecular complexity index is 1080. The monoisotopic (exact) mass is 567 g/mol. The smallest absolute Gasteiger partial charge is 0.246 e. The predicted octanol–water partition coefficient (Wildman–Crippen LogP) is 2.59. The molecule has 11 heteroatoms. The number of aromatic nitrogens is 3. The highest BCUT2D eigenvalue weighted by Crippen LogP contribution is 2.25. The number of nitrogens with zero attached hydrogens (tertiary/aromatic N) is 6. The minimum absolute atomic E-state index is 0. The average molecular weight is 567 g/mol. The number of hydrogen-bond donors (Lipinski definition) is 1. The molecule has 32 heavy (non-hydrogen) atoms. The van der Waals surface area contributed by atoms with Crippen molar-refractivity contribution in [3.8, 4) is 16.3 Å². The summed E-state index contributed by atoms with van der Waals surface area (Å²) < 4.78 is 6.91. The molecule has 1 fully saturated rings. The summed E-state index contributed by atoms with van der Waals surface area (Å²) in [5.41, 5.74) is 2.81. The first-order chi connectivity index (χ1) is 15.1. The minimum Gasteiger partial charge on any atom is -0.497 e. The number of benzene rings is 1. The summed E-state index contributed by atoms with van der Waals surface area (Å²) in [6.07, 6.45) is 3.56. The summed E-state index contributed by atoms with van der Waals surface area (Å²) in [4.78, 5) is 25.5. The fourth-order valence-electron chi connectivity index (χ4n) is 3.43. The normalized spacial score (nSPS) is 14.3. The van der Waals surface area contributed by atoms with Crippen LogP contribution in [0.2, 0.25) is 0 Å². The zero-order valence-electron chi connectivity index (χ0n) is 18.2. The molecule has 0 aliphatic carbocycles. The quantitative estimate of drug-likeness (QED) is 0.290. The highest BCUT2D eigenvalue weighted by Gasteiger charge is 2.27. The van der Waals surface area contributed by atoms with Gasteiger partial charge in [0, 0.05) is 44.3 Å². The Kier molecular flexibility index (Phi) is 8.07. The van der Waals surface area contributed by atoms with Crippen LogP contribution in [0, 0.1) is 0 Å². The third-order valence-electron chi connectivity index (χ3n) is 5.05. The summed E-state index contributed by atoms with van der Waals surface area (Å²) in [7, 11) is 5.22. The number of nitrogens with one attached hydrogen (secondary N) is 1. The predicted molar refractivity (Wildman–Crippen MR) is 137 cm³/mol. The van der Waals surface area contributed by atoms with Gasteiger partial charge < -0.3 is 19.9 Å². The second-order valence-corrected chi connectivity index (χ2v) is 7.97. The van der Waals surface area contributed by atoms with Crippen molar-refractivity contribution in [2.45, 2.75) is 6.54 Å². The Hall–Kier alpha value is -2.67.